The van der Waals surface area contributed by atoms with Gasteiger partial charge in [0.25, 0.3) is 0 Å². The first-order valence-corrected chi connectivity index (χ1v) is 4.07. The van der Waals surface area contributed by atoms with Crippen molar-refractivity contribution in [1.29, 1.82) is 5.26 Å². The highest BCUT2D eigenvalue weighted by Crippen LogP contribution is 2.18. The lowest BCUT2D eigenvalue weighted by Gasteiger charge is -2.16. The van der Waals surface area contributed by atoms with E-state index in [-0.39, 0.29) is 5.92 Å². The van der Waals surface area contributed by atoms with Crippen molar-refractivity contribution in [2.75, 3.05) is 0 Å². The summed E-state index contributed by atoms with van der Waals surface area (Å²) in [5.41, 5.74) is 0. The maximum absolute atomic E-state index is 9.42. The lowest BCUT2D eigenvalue weighted by molar-refractivity contribution is 0.120. The Bertz CT molecular complexity index is 180. The molecule has 0 saturated heterocycles. The number of hydrogen-bond donors (Lipinski definition) is 1. The average Bonchev–Trinajstić information content (AvgIpc) is 1.98. The van der Waals surface area contributed by atoms with Crippen molar-refractivity contribution in [2.45, 2.75) is 31.8 Å². The molecule has 1 aliphatic carbocycles. The summed E-state index contributed by atoms with van der Waals surface area (Å²) in [5.74, 6) is -0.153. The number of aliphatic hydroxyl groups excluding tert-OH is 1. The van der Waals surface area contributed by atoms with Gasteiger partial charge in [-0.15, -0.1) is 0 Å². The van der Waals surface area contributed by atoms with Gasteiger partial charge in [-0.1, -0.05) is 12.2 Å². The van der Waals surface area contributed by atoms with Crippen LogP contribution in [-0.2, 0) is 0 Å². The monoisotopic (exact) mass is 151 g/mol. The number of rotatable bonds is 0. The van der Waals surface area contributed by atoms with Crippen molar-refractivity contribution in [2.24, 2.45) is 5.92 Å². The summed E-state index contributed by atoms with van der Waals surface area (Å²) in [4.78, 5) is 0. The molecule has 1 rings (SSSR count). The van der Waals surface area contributed by atoms with Crippen molar-refractivity contribution >= 4 is 0 Å². The van der Waals surface area contributed by atoms with Gasteiger partial charge in [-0.25, -0.2) is 0 Å². The van der Waals surface area contributed by atoms with Crippen LogP contribution in [-0.4, -0.2) is 11.2 Å². The third-order valence-electron chi connectivity index (χ3n) is 2.07. The quantitative estimate of drug-likeness (QED) is 0.534. The molecule has 0 aromatic heterocycles. The normalized spacial score (nSPS) is 34.9. The summed E-state index contributed by atoms with van der Waals surface area (Å²) in [7, 11) is 0. The number of nitriles is 1. The van der Waals surface area contributed by atoms with Crippen LogP contribution in [0.25, 0.3) is 0 Å². The maximum atomic E-state index is 9.42. The van der Waals surface area contributed by atoms with Gasteiger partial charge >= 0.3 is 0 Å². The van der Waals surface area contributed by atoms with E-state index >= 15 is 0 Å². The van der Waals surface area contributed by atoms with Gasteiger partial charge in [-0.3, -0.25) is 0 Å². The van der Waals surface area contributed by atoms with Gasteiger partial charge in [-0.05, 0) is 25.7 Å². The van der Waals surface area contributed by atoms with Gasteiger partial charge in [0.15, 0.2) is 0 Å². The molecule has 11 heavy (non-hydrogen) atoms. The summed E-state index contributed by atoms with van der Waals surface area (Å²) < 4.78 is 0. The maximum Gasteiger partial charge on any atom is 0.0725 e. The Labute approximate surface area is 67.2 Å². The summed E-state index contributed by atoms with van der Waals surface area (Å²) in [6.07, 6.45) is 7.12. The van der Waals surface area contributed by atoms with Crippen LogP contribution in [0.1, 0.15) is 25.7 Å². The van der Waals surface area contributed by atoms with E-state index in [0.717, 1.165) is 25.7 Å². The third-order valence-corrected chi connectivity index (χ3v) is 2.07. The lowest BCUT2D eigenvalue weighted by atomic mass is 9.93. The van der Waals surface area contributed by atoms with Crippen molar-refractivity contribution in [1.82, 2.24) is 0 Å². The van der Waals surface area contributed by atoms with Gasteiger partial charge in [0, 0.05) is 0 Å². The summed E-state index contributed by atoms with van der Waals surface area (Å²) in [6, 6.07) is 2.14. The molecule has 0 amide bonds. The first kappa shape index (κ1) is 8.29. The number of allylic oxidation sites excluding steroid dienone is 2. The molecule has 0 aliphatic heterocycles. The van der Waals surface area contributed by atoms with E-state index in [4.69, 9.17) is 5.26 Å². The standard InChI is InChI=1S/C9H13NO/c10-7-8-5-3-1-2-4-6-9(8)11/h1-2,8-9,11H,3-6H2/b2-1-. The highest BCUT2D eigenvalue weighted by molar-refractivity contribution is 4.95. The molecule has 2 nitrogen and oxygen atoms in total. The zero-order valence-electron chi connectivity index (χ0n) is 6.53. The fraction of sp³-hybridized carbons (Fsp3) is 0.667. The summed E-state index contributed by atoms with van der Waals surface area (Å²) in [6.45, 7) is 0. The average molecular weight is 151 g/mol. The number of hydrogen-bond acceptors (Lipinski definition) is 2. The second kappa shape index (κ2) is 4.15. The topological polar surface area (TPSA) is 44.0 Å². The molecule has 0 heterocycles. The van der Waals surface area contributed by atoms with E-state index in [2.05, 4.69) is 18.2 Å². The van der Waals surface area contributed by atoms with E-state index in [0.29, 0.717) is 0 Å². The Kier molecular flexibility index (Phi) is 3.13. The fourth-order valence-electron chi connectivity index (χ4n) is 1.32. The molecule has 0 radical (unpaired) electrons. The van der Waals surface area contributed by atoms with Gasteiger partial charge in [0.2, 0.25) is 0 Å². The van der Waals surface area contributed by atoms with E-state index in [1.54, 1.807) is 0 Å². The minimum Gasteiger partial charge on any atom is -0.392 e. The Hall–Kier alpha value is -0.810. The molecule has 2 unspecified atom stereocenters. The van der Waals surface area contributed by atoms with Crippen LogP contribution in [0.15, 0.2) is 12.2 Å². The highest BCUT2D eigenvalue weighted by atomic mass is 16.3. The minimum atomic E-state index is -0.412. The molecular formula is C9H13NO. The predicted octanol–water partition coefficient (Wildman–Crippen LogP) is 1.62. The zero-order valence-corrected chi connectivity index (χ0v) is 6.53. The smallest absolute Gasteiger partial charge is 0.0725 e. The summed E-state index contributed by atoms with van der Waals surface area (Å²) in [5, 5.41) is 18.1. The number of nitrogens with zero attached hydrogens (tertiary/aromatic N) is 1. The first-order valence-electron chi connectivity index (χ1n) is 4.07. The van der Waals surface area contributed by atoms with Crippen LogP contribution in [0, 0.1) is 17.2 Å². The molecule has 1 aliphatic rings. The van der Waals surface area contributed by atoms with Crippen molar-refractivity contribution in [3.63, 3.8) is 0 Å². The van der Waals surface area contributed by atoms with E-state index in [9.17, 15) is 5.11 Å². The Balaban J connectivity index is 2.52. The SMILES string of the molecule is N#CC1CC/C=C\CCC1O. The molecule has 0 saturated carbocycles. The zero-order chi connectivity index (χ0) is 8.10. The largest absolute Gasteiger partial charge is 0.392 e. The Morgan fingerprint density at radius 2 is 1.91 bits per heavy atom. The predicted molar refractivity (Wildman–Crippen MR) is 42.7 cm³/mol. The molecule has 60 valence electrons. The molecule has 0 bridgehead atoms. The third kappa shape index (κ3) is 2.36. The highest BCUT2D eigenvalue weighted by Gasteiger charge is 2.17. The molecule has 1 N–H and O–H groups in total. The van der Waals surface area contributed by atoms with E-state index in [1.165, 1.54) is 0 Å². The number of aliphatic hydroxyl groups is 1. The van der Waals surface area contributed by atoms with E-state index < -0.39 is 6.10 Å². The van der Waals surface area contributed by atoms with Crippen molar-refractivity contribution in [3.05, 3.63) is 12.2 Å². The van der Waals surface area contributed by atoms with Crippen LogP contribution in [0.4, 0.5) is 0 Å². The van der Waals surface area contributed by atoms with Gasteiger partial charge in [0.05, 0.1) is 18.1 Å². The minimum absolute atomic E-state index is 0.153. The molecular weight excluding hydrogens is 138 g/mol. The molecule has 0 aromatic rings. The van der Waals surface area contributed by atoms with Crippen LogP contribution in [0.5, 0.6) is 0 Å². The fourth-order valence-corrected chi connectivity index (χ4v) is 1.32. The molecule has 2 heteroatoms. The molecule has 2 atom stereocenters. The van der Waals surface area contributed by atoms with Crippen LogP contribution < -0.4 is 0 Å². The van der Waals surface area contributed by atoms with Gasteiger partial charge < -0.3 is 5.11 Å². The van der Waals surface area contributed by atoms with Crippen LogP contribution in [0.3, 0.4) is 0 Å². The first-order chi connectivity index (χ1) is 5.34. The van der Waals surface area contributed by atoms with Crippen LogP contribution in [0.2, 0.25) is 0 Å². The van der Waals surface area contributed by atoms with Crippen molar-refractivity contribution in [3.8, 4) is 6.07 Å². The second-order valence-electron chi connectivity index (χ2n) is 2.93. The second-order valence-corrected chi connectivity index (χ2v) is 2.93. The van der Waals surface area contributed by atoms with Gasteiger partial charge in [-0.2, -0.15) is 5.26 Å². The van der Waals surface area contributed by atoms with Gasteiger partial charge in [0.1, 0.15) is 0 Å². The lowest BCUT2D eigenvalue weighted by Crippen LogP contribution is -2.19. The van der Waals surface area contributed by atoms with E-state index in [1.807, 2.05) is 0 Å². The van der Waals surface area contributed by atoms with Crippen LogP contribution >= 0.6 is 0 Å². The Morgan fingerprint density at radius 3 is 2.55 bits per heavy atom. The molecule has 0 spiro atoms. The molecule has 0 fully saturated rings. The summed E-state index contributed by atoms with van der Waals surface area (Å²) >= 11 is 0. The Morgan fingerprint density at radius 1 is 1.27 bits per heavy atom. The molecule has 0 aromatic carbocycles. The van der Waals surface area contributed by atoms with Crippen molar-refractivity contribution < 1.29 is 5.11 Å².